The Hall–Kier alpha value is -1.07. The molecule has 1 aliphatic heterocycles. The van der Waals surface area contributed by atoms with Crippen LogP contribution in [0.25, 0.3) is 0 Å². The molecule has 106 valence electrons. The molecule has 0 aromatic heterocycles. The van der Waals surface area contributed by atoms with Crippen molar-refractivity contribution < 1.29 is 13.2 Å². The second-order valence-electron chi connectivity index (χ2n) is 5.00. The minimum atomic E-state index is -2.87. The summed E-state index contributed by atoms with van der Waals surface area (Å²) in [5.74, 6) is 1.17. The van der Waals surface area contributed by atoms with Gasteiger partial charge in [-0.2, -0.15) is 0 Å². The molecular formula is C14H21NO3S. The molecule has 0 bridgehead atoms. The molecule has 0 radical (unpaired) electrons. The molecule has 1 aromatic carbocycles. The molecule has 2 unspecified atom stereocenters. The van der Waals surface area contributed by atoms with Crippen molar-refractivity contribution in [3.05, 3.63) is 29.8 Å². The van der Waals surface area contributed by atoms with Gasteiger partial charge in [0.1, 0.15) is 5.75 Å². The SMILES string of the molecule is COc1ccccc1C(C)NCC1CCCS1(=O)=O. The fraction of sp³-hybridized carbons (Fsp3) is 0.571. The van der Waals surface area contributed by atoms with E-state index in [-0.39, 0.29) is 11.3 Å². The number of hydrogen-bond acceptors (Lipinski definition) is 4. The minimum absolute atomic E-state index is 0.0759. The van der Waals surface area contributed by atoms with Gasteiger partial charge in [0.15, 0.2) is 9.84 Å². The van der Waals surface area contributed by atoms with Gasteiger partial charge in [-0.05, 0) is 25.8 Å². The topological polar surface area (TPSA) is 55.4 Å². The molecule has 4 nitrogen and oxygen atoms in total. The van der Waals surface area contributed by atoms with E-state index in [1.807, 2.05) is 31.2 Å². The highest BCUT2D eigenvalue weighted by atomic mass is 32.2. The predicted molar refractivity (Wildman–Crippen MR) is 76.2 cm³/mol. The summed E-state index contributed by atoms with van der Waals surface area (Å²) in [7, 11) is -1.23. The Bertz CT molecular complexity index is 527. The van der Waals surface area contributed by atoms with E-state index in [9.17, 15) is 8.42 Å². The van der Waals surface area contributed by atoms with Crippen LogP contribution in [0.1, 0.15) is 31.4 Å². The van der Waals surface area contributed by atoms with Crippen molar-refractivity contribution in [1.82, 2.24) is 5.32 Å². The lowest BCUT2D eigenvalue weighted by atomic mass is 10.1. The molecule has 0 aliphatic carbocycles. The van der Waals surface area contributed by atoms with Crippen LogP contribution in [0.5, 0.6) is 5.75 Å². The Kier molecular flexibility index (Phi) is 4.47. The Morgan fingerprint density at radius 2 is 2.16 bits per heavy atom. The van der Waals surface area contributed by atoms with E-state index in [1.54, 1.807) is 7.11 Å². The van der Waals surface area contributed by atoms with Gasteiger partial charge in [0.25, 0.3) is 0 Å². The van der Waals surface area contributed by atoms with Gasteiger partial charge in [-0.1, -0.05) is 18.2 Å². The highest BCUT2D eigenvalue weighted by molar-refractivity contribution is 7.92. The van der Waals surface area contributed by atoms with E-state index in [1.165, 1.54) is 0 Å². The summed E-state index contributed by atoms with van der Waals surface area (Å²) in [5, 5.41) is 3.08. The number of rotatable bonds is 5. The Labute approximate surface area is 115 Å². The van der Waals surface area contributed by atoms with Crippen LogP contribution in [0.3, 0.4) is 0 Å². The van der Waals surface area contributed by atoms with Crippen molar-refractivity contribution >= 4 is 9.84 Å². The van der Waals surface area contributed by atoms with Gasteiger partial charge in [-0.15, -0.1) is 0 Å². The van der Waals surface area contributed by atoms with Crippen LogP contribution in [0.4, 0.5) is 0 Å². The molecular weight excluding hydrogens is 262 g/mol. The smallest absolute Gasteiger partial charge is 0.154 e. The van der Waals surface area contributed by atoms with Gasteiger partial charge in [-0.25, -0.2) is 8.42 Å². The maximum atomic E-state index is 11.8. The van der Waals surface area contributed by atoms with Crippen molar-refractivity contribution in [1.29, 1.82) is 0 Å². The fourth-order valence-corrected chi connectivity index (χ4v) is 4.31. The molecule has 2 rings (SSSR count). The normalized spacial score (nSPS) is 23.2. The molecule has 0 spiro atoms. The first-order valence-electron chi connectivity index (χ1n) is 6.62. The Morgan fingerprint density at radius 1 is 1.42 bits per heavy atom. The van der Waals surface area contributed by atoms with E-state index in [0.717, 1.165) is 24.2 Å². The van der Waals surface area contributed by atoms with Crippen molar-refractivity contribution in [2.24, 2.45) is 0 Å². The molecule has 2 atom stereocenters. The van der Waals surface area contributed by atoms with E-state index >= 15 is 0 Å². The van der Waals surface area contributed by atoms with E-state index < -0.39 is 9.84 Å². The summed E-state index contributed by atoms with van der Waals surface area (Å²) < 4.78 is 28.9. The van der Waals surface area contributed by atoms with E-state index in [2.05, 4.69) is 5.32 Å². The Balaban J connectivity index is 2.00. The molecule has 1 aromatic rings. The number of nitrogens with one attached hydrogen (secondary N) is 1. The van der Waals surface area contributed by atoms with Crippen LogP contribution >= 0.6 is 0 Å². The summed E-state index contributed by atoms with van der Waals surface area (Å²) in [6, 6.07) is 7.88. The first-order chi connectivity index (χ1) is 9.04. The quantitative estimate of drug-likeness (QED) is 0.897. The zero-order valence-electron chi connectivity index (χ0n) is 11.4. The second-order valence-corrected chi connectivity index (χ2v) is 7.40. The average Bonchev–Trinajstić information content (AvgIpc) is 2.75. The number of sulfone groups is 1. The van der Waals surface area contributed by atoms with Crippen LogP contribution in [0.15, 0.2) is 24.3 Å². The lowest BCUT2D eigenvalue weighted by molar-refractivity contribution is 0.401. The third-order valence-electron chi connectivity index (χ3n) is 3.72. The molecule has 1 saturated heterocycles. The maximum absolute atomic E-state index is 11.8. The lowest BCUT2D eigenvalue weighted by Crippen LogP contribution is -2.32. The monoisotopic (exact) mass is 283 g/mol. The largest absolute Gasteiger partial charge is 0.496 e. The number of methoxy groups -OCH3 is 1. The van der Waals surface area contributed by atoms with Crippen molar-refractivity contribution in [3.63, 3.8) is 0 Å². The number of benzene rings is 1. The number of ether oxygens (including phenoxy) is 1. The van der Waals surface area contributed by atoms with Crippen molar-refractivity contribution in [3.8, 4) is 5.75 Å². The fourth-order valence-electron chi connectivity index (χ4n) is 2.53. The lowest BCUT2D eigenvalue weighted by Gasteiger charge is -2.19. The van der Waals surface area contributed by atoms with Gasteiger partial charge in [0.05, 0.1) is 18.1 Å². The summed E-state index contributed by atoms with van der Waals surface area (Å²) in [4.78, 5) is 0. The van der Waals surface area contributed by atoms with E-state index in [0.29, 0.717) is 12.3 Å². The van der Waals surface area contributed by atoms with Gasteiger partial charge in [-0.3, -0.25) is 0 Å². The van der Waals surface area contributed by atoms with Gasteiger partial charge >= 0.3 is 0 Å². The van der Waals surface area contributed by atoms with Crippen LogP contribution in [0, 0.1) is 0 Å². The maximum Gasteiger partial charge on any atom is 0.154 e. The summed E-state index contributed by atoms with van der Waals surface area (Å²) in [5.41, 5.74) is 1.06. The first kappa shape index (κ1) is 14.3. The standard InChI is InChI=1S/C14H21NO3S/c1-11(13-7-3-4-8-14(13)18-2)15-10-12-6-5-9-19(12,16)17/h3-4,7-8,11-12,15H,5-6,9-10H2,1-2H3. The predicted octanol–water partition coefficient (Wildman–Crippen LogP) is 1.92. The third-order valence-corrected chi connectivity index (χ3v) is 6.00. The Morgan fingerprint density at radius 3 is 2.79 bits per heavy atom. The molecule has 0 amide bonds. The van der Waals surface area contributed by atoms with Crippen molar-refractivity contribution in [2.75, 3.05) is 19.4 Å². The zero-order valence-corrected chi connectivity index (χ0v) is 12.2. The molecule has 19 heavy (non-hydrogen) atoms. The summed E-state index contributed by atoms with van der Waals surface area (Å²) in [6.45, 7) is 2.54. The minimum Gasteiger partial charge on any atom is -0.496 e. The molecule has 1 heterocycles. The van der Waals surface area contributed by atoms with Crippen molar-refractivity contribution in [2.45, 2.75) is 31.1 Å². The highest BCUT2D eigenvalue weighted by Crippen LogP contribution is 2.25. The second kappa shape index (κ2) is 5.92. The van der Waals surface area contributed by atoms with Crippen LogP contribution in [0.2, 0.25) is 0 Å². The summed E-state index contributed by atoms with van der Waals surface area (Å²) in [6.07, 6.45) is 1.56. The summed E-state index contributed by atoms with van der Waals surface area (Å²) >= 11 is 0. The number of hydrogen-bond donors (Lipinski definition) is 1. The van der Waals surface area contributed by atoms with Gasteiger partial charge in [0.2, 0.25) is 0 Å². The molecule has 1 fully saturated rings. The van der Waals surface area contributed by atoms with Crippen LogP contribution < -0.4 is 10.1 Å². The van der Waals surface area contributed by atoms with E-state index in [4.69, 9.17) is 4.74 Å². The van der Waals surface area contributed by atoms with Gasteiger partial charge in [0, 0.05) is 18.2 Å². The molecule has 0 saturated carbocycles. The number of para-hydroxylation sites is 1. The molecule has 1 aliphatic rings. The molecule has 1 N–H and O–H groups in total. The third kappa shape index (κ3) is 3.28. The van der Waals surface area contributed by atoms with Crippen LogP contribution in [-0.4, -0.2) is 33.1 Å². The first-order valence-corrected chi connectivity index (χ1v) is 8.34. The zero-order chi connectivity index (χ0) is 13.9. The molecule has 5 heteroatoms. The highest BCUT2D eigenvalue weighted by Gasteiger charge is 2.31. The van der Waals surface area contributed by atoms with Gasteiger partial charge < -0.3 is 10.1 Å². The average molecular weight is 283 g/mol. The van der Waals surface area contributed by atoms with Crippen LogP contribution in [-0.2, 0) is 9.84 Å².